The zero-order valence-electron chi connectivity index (χ0n) is 6.36. The molecule has 1 aromatic rings. The predicted molar refractivity (Wildman–Crippen MR) is 47.3 cm³/mol. The van der Waals surface area contributed by atoms with E-state index in [1.165, 1.54) is 11.3 Å². The van der Waals surface area contributed by atoms with Crippen molar-refractivity contribution in [1.82, 2.24) is 0 Å². The van der Waals surface area contributed by atoms with E-state index in [0.29, 0.717) is 5.56 Å². The number of carboxylic acid groups (broad SMARTS) is 1. The molecule has 0 saturated heterocycles. The number of carbonyl (C=O) groups is 1. The average Bonchev–Trinajstić information content (AvgIpc) is 2.50. The van der Waals surface area contributed by atoms with Crippen molar-refractivity contribution in [2.45, 2.75) is 6.04 Å². The summed E-state index contributed by atoms with van der Waals surface area (Å²) in [4.78, 5) is 10.6. The van der Waals surface area contributed by atoms with E-state index in [2.05, 4.69) is 0 Å². The average molecular weight is 186 g/mol. The van der Waals surface area contributed by atoms with Gasteiger partial charge in [-0.15, -0.1) is 0 Å². The molecule has 5 heteroatoms. The fraction of sp³-hybridized carbons (Fsp3) is 0.286. The molecule has 1 atom stereocenters. The van der Waals surface area contributed by atoms with Gasteiger partial charge in [0, 0.05) is 18.0 Å². The number of rotatable bonds is 3. The topological polar surface area (TPSA) is 89.3 Å². The van der Waals surface area contributed by atoms with Gasteiger partial charge in [-0.05, 0) is 10.9 Å². The maximum Gasteiger partial charge on any atom is 0.336 e. The lowest BCUT2D eigenvalue weighted by atomic mass is 10.1. The van der Waals surface area contributed by atoms with Crippen molar-refractivity contribution in [3.8, 4) is 0 Å². The van der Waals surface area contributed by atoms with Crippen LogP contribution < -0.4 is 11.5 Å². The molecule has 0 radical (unpaired) electrons. The second-order valence-electron chi connectivity index (χ2n) is 2.39. The second kappa shape index (κ2) is 3.66. The second-order valence-corrected chi connectivity index (χ2v) is 3.13. The summed E-state index contributed by atoms with van der Waals surface area (Å²) in [5.41, 5.74) is 11.8. The summed E-state index contributed by atoms with van der Waals surface area (Å²) in [6, 6.07) is -0.373. The van der Waals surface area contributed by atoms with Crippen molar-refractivity contribution < 1.29 is 9.90 Å². The van der Waals surface area contributed by atoms with Crippen LogP contribution in [0.1, 0.15) is 22.0 Å². The summed E-state index contributed by atoms with van der Waals surface area (Å²) in [6.07, 6.45) is 0. The molecule has 0 aliphatic heterocycles. The van der Waals surface area contributed by atoms with Gasteiger partial charge in [0.25, 0.3) is 0 Å². The molecular formula is C7H10N2O2S. The zero-order chi connectivity index (χ0) is 9.14. The first kappa shape index (κ1) is 9.18. The first-order valence-corrected chi connectivity index (χ1v) is 4.36. The Bertz CT molecular complexity index is 285. The minimum atomic E-state index is -0.949. The highest BCUT2D eigenvalue weighted by atomic mass is 32.1. The van der Waals surface area contributed by atoms with E-state index in [-0.39, 0.29) is 18.2 Å². The molecule has 1 heterocycles. The summed E-state index contributed by atoms with van der Waals surface area (Å²) in [7, 11) is 0. The van der Waals surface area contributed by atoms with Crippen molar-refractivity contribution in [2.24, 2.45) is 11.5 Å². The predicted octanol–water partition coefficient (Wildman–Crippen LogP) is 0.405. The summed E-state index contributed by atoms with van der Waals surface area (Å²) in [6.45, 7) is 0.261. The number of hydrogen-bond acceptors (Lipinski definition) is 4. The van der Waals surface area contributed by atoms with Crippen LogP contribution in [0.5, 0.6) is 0 Å². The molecule has 4 nitrogen and oxygen atoms in total. The summed E-state index contributed by atoms with van der Waals surface area (Å²) < 4.78 is 0. The lowest BCUT2D eigenvalue weighted by Crippen LogP contribution is -2.22. The molecular weight excluding hydrogens is 176 g/mol. The molecule has 0 saturated carbocycles. The smallest absolute Gasteiger partial charge is 0.336 e. The molecule has 1 aromatic heterocycles. The third-order valence-electron chi connectivity index (χ3n) is 1.58. The SMILES string of the molecule is NCC(N)c1cscc1C(=O)O. The van der Waals surface area contributed by atoms with Gasteiger partial charge in [-0.3, -0.25) is 0 Å². The Morgan fingerprint density at radius 2 is 2.33 bits per heavy atom. The first-order chi connectivity index (χ1) is 5.66. The number of carboxylic acids is 1. The van der Waals surface area contributed by atoms with Crippen LogP contribution in [0.3, 0.4) is 0 Å². The van der Waals surface area contributed by atoms with Crippen LogP contribution in [0, 0.1) is 0 Å². The minimum absolute atomic E-state index is 0.261. The lowest BCUT2D eigenvalue weighted by molar-refractivity contribution is 0.0696. The van der Waals surface area contributed by atoms with Crippen LogP contribution in [-0.2, 0) is 0 Å². The van der Waals surface area contributed by atoms with Crippen molar-refractivity contribution in [3.63, 3.8) is 0 Å². The van der Waals surface area contributed by atoms with Gasteiger partial charge in [0.05, 0.1) is 5.56 Å². The normalized spacial score (nSPS) is 12.8. The van der Waals surface area contributed by atoms with E-state index in [4.69, 9.17) is 16.6 Å². The van der Waals surface area contributed by atoms with Gasteiger partial charge in [-0.1, -0.05) is 0 Å². The minimum Gasteiger partial charge on any atom is -0.478 e. The summed E-state index contributed by atoms with van der Waals surface area (Å²) in [5, 5.41) is 12.0. The third-order valence-corrected chi connectivity index (χ3v) is 2.34. The lowest BCUT2D eigenvalue weighted by Gasteiger charge is -2.06. The molecule has 5 N–H and O–H groups in total. The fourth-order valence-corrected chi connectivity index (χ4v) is 1.78. The molecule has 12 heavy (non-hydrogen) atoms. The van der Waals surface area contributed by atoms with Gasteiger partial charge < -0.3 is 16.6 Å². The van der Waals surface area contributed by atoms with E-state index >= 15 is 0 Å². The highest BCUT2D eigenvalue weighted by molar-refractivity contribution is 7.08. The fourth-order valence-electron chi connectivity index (χ4n) is 0.895. The molecule has 1 rings (SSSR count). The molecule has 0 aromatic carbocycles. The van der Waals surface area contributed by atoms with Gasteiger partial charge in [-0.2, -0.15) is 11.3 Å². The number of thiophene rings is 1. The van der Waals surface area contributed by atoms with Gasteiger partial charge >= 0.3 is 5.97 Å². The van der Waals surface area contributed by atoms with Crippen LogP contribution in [0.4, 0.5) is 0 Å². The van der Waals surface area contributed by atoms with Gasteiger partial charge in [-0.25, -0.2) is 4.79 Å². The number of aromatic carboxylic acids is 1. The molecule has 1 unspecified atom stereocenters. The molecule has 0 bridgehead atoms. The van der Waals surface area contributed by atoms with E-state index < -0.39 is 5.97 Å². The summed E-state index contributed by atoms with van der Waals surface area (Å²) in [5.74, 6) is -0.949. The van der Waals surface area contributed by atoms with Crippen molar-refractivity contribution in [3.05, 3.63) is 21.9 Å². The van der Waals surface area contributed by atoms with Gasteiger partial charge in [0.1, 0.15) is 0 Å². The molecule has 0 spiro atoms. The molecule has 66 valence electrons. The maximum absolute atomic E-state index is 10.6. The largest absolute Gasteiger partial charge is 0.478 e. The molecule has 0 amide bonds. The highest BCUT2D eigenvalue weighted by Crippen LogP contribution is 2.20. The van der Waals surface area contributed by atoms with E-state index in [1.54, 1.807) is 10.8 Å². The van der Waals surface area contributed by atoms with E-state index in [1.807, 2.05) is 0 Å². The van der Waals surface area contributed by atoms with Crippen LogP contribution >= 0.6 is 11.3 Å². The first-order valence-electron chi connectivity index (χ1n) is 3.41. The maximum atomic E-state index is 10.6. The van der Waals surface area contributed by atoms with Gasteiger partial charge in [0.15, 0.2) is 0 Å². The van der Waals surface area contributed by atoms with Crippen LogP contribution in [-0.4, -0.2) is 17.6 Å². The Kier molecular flexibility index (Phi) is 2.80. The Morgan fingerprint density at radius 3 is 2.83 bits per heavy atom. The monoisotopic (exact) mass is 186 g/mol. The van der Waals surface area contributed by atoms with Crippen LogP contribution in [0.2, 0.25) is 0 Å². The third kappa shape index (κ3) is 1.63. The van der Waals surface area contributed by atoms with Gasteiger partial charge in [0.2, 0.25) is 0 Å². The van der Waals surface area contributed by atoms with E-state index in [9.17, 15) is 4.79 Å². The zero-order valence-corrected chi connectivity index (χ0v) is 7.17. The van der Waals surface area contributed by atoms with E-state index in [0.717, 1.165) is 0 Å². The standard InChI is InChI=1S/C7H10N2O2S/c8-1-6(9)4-2-12-3-5(4)7(10)11/h2-3,6H,1,8-9H2,(H,10,11). The van der Waals surface area contributed by atoms with Crippen molar-refractivity contribution in [2.75, 3.05) is 6.54 Å². The Balaban J connectivity index is 2.98. The van der Waals surface area contributed by atoms with Crippen LogP contribution in [0.15, 0.2) is 10.8 Å². The molecule has 0 fully saturated rings. The molecule has 0 aliphatic rings. The van der Waals surface area contributed by atoms with Crippen molar-refractivity contribution in [1.29, 1.82) is 0 Å². The highest BCUT2D eigenvalue weighted by Gasteiger charge is 2.15. The Labute approximate surface area is 73.8 Å². The number of nitrogens with two attached hydrogens (primary N) is 2. The van der Waals surface area contributed by atoms with Crippen LogP contribution in [0.25, 0.3) is 0 Å². The Hall–Kier alpha value is -0.910. The van der Waals surface area contributed by atoms with Crippen molar-refractivity contribution >= 4 is 17.3 Å². The summed E-state index contributed by atoms with van der Waals surface area (Å²) >= 11 is 1.32. The molecule has 0 aliphatic carbocycles. The Morgan fingerprint density at radius 1 is 1.67 bits per heavy atom. The quantitative estimate of drug-likeness (QED) is 0.637. The number of hydrogen-bond donors (Lipinski definition) is 3.